The maximum atomic E-state index is 11.6. The maximum Gasteiger partial charge on any atom is 0.305 e. The Morgan fingerprint density at radius 3 is 2.80 bits per heavy atom. The van der Waals surface area contributed by atoms with Crippen LogP contribution in [0.15, 0.2) is 0 Å². The van der Waals surface area contributed by atoms with Crippen LogP contribution < -0.4 is 5.32 Å². The number of carboxylic acid groups (broad SMARTS) is 1. The smallest absolute Gasteiger partial charge is 0.305 e. The van der Waals surface area contributed by atoms with Gasteiger partial charge in [0.2, 0.25) is 5.91 Å². The van der Waals surface area contributed by atoms with Gasteiger partial charge in [0.05, 0.1) is 12.5 Å². The Kier molecular flexibility index (Phi) is 2.90. The van der Waals surface area contributed by atoms with Gasteiger partial charge < -0.3 is 10.4 Å². The molecule has 84 valence electrons. The maximum absolute atomic E-state index is 11.6. The Bertz CT molecular complexity index is 276. The Morgan fingerprint density at radius 1 is 1.53 bits per heavy atom. The Balaban J connectivity index is 2.03. The van der Waals surface area contributed by atoms with E-state index in [1.54, 1.807) is 0 Å². The molecule has 0 aromatic carbocycles. The number of hydrogen-bond acceptors (Lipinski definition) is 3. The molecule has 1 saturated heterocycles. The lowest BCUT2D eigenvalue weighted by molar-refractivity contribution is -0.144. The standard InChI is InChI=1S/C10H16N2O3/c13-9(14)6-8-10(15)11-4-5-12(8)7-2-1-3-7/h7-8H,1-6H2,(H,11,15)(H,13,14). The van der Waals surface area contributed by atoms with Crippen LogP contribution in [-0.4, -0.2) is 47.1 Å². The van der Waals surface area contributed by atoms with Crippen LogP contribution in [0.25, 0.3) is 0 Å². The first-order valence-corrected chi connectivity index (χ1v) is 5.44. The van der Waals surface area contributed by atoms with E-state index >= 15 is 0 Å². The lowest BCUT2D eigenvalue weighted by Crippen LogP contribution is -2.60. The van der Waals surface area contributed by atoms with Crippen molar-refractivity contribution in [3.63, 3.8) is 0 Å². The quantitative estimate of drug-likeness (QED) is 0.680. The average Bonchev–Trinajstić information content (AvgIpc) is 2.07. The molecule has 1 aliphatic heterocycles. The van der Waals surface area contributed by atoms with E-state index in [1.165, 1.54) is 6.42 Å². The SMILES string of the molecule is O=C(O)CC1C(=O)NCCN1C1CCC1. The highest BCUT2D eigenvalue weighted by Crippen LogP contribution is 2.28. The number of rotatable bonds is 3. The van der Waals surface area contributed by atoms with Gasteiger partial charge in [-0.25, -0.2) is 0 Å². The normalized spacial score (nSPS) is 28.3. The summed E-state index contributed by atoms with van der Waals surface area (Å²) >= 11 is 0. The number of carbonyl (C=O) groups is 2. The molecule has 1 aliphatic carbocycles. The van der Waals surface area contributed by atoms with E-state index in [9.17, 15) is 9.59 Å². The molecular formula is C10H16N2O3. The molecule has 1 heterocycles. The molecule has 5 nitrogen and oxygen atoms in total. The predicted molar refractivity (Wildman–Crippen MR) is 53.4 cm³/mol. The van der Waals surface area contributed by atoms with Crippen LogP contribution in [0.3, 0.4) is 0 Å². The van der Waals surface area contributed by atoms with Crippen LogP contribution in [0.1, 0.15) is 25.7 Å². The van der Waals surface area contributed by atoms with Crippen LogP contribution >= 0.6 is 0 Å². The molecule has 2 aliphatic rings. The van der Waals surface area contributed by atoms with Gasteiger partial charge in [-0.05, 0) is 12.8 Å². The van der Waals surface area contributed by atoms with Gasteiger partial charge in [-0.1, -0.05) is 6.42 Å². The monoisotopic (exact) mass is 212 g/mol. The minimum atomic E-state index is -0.902. The number of hydrogen-bond donors (Lipinski definition) is 2. The molecule has 1 saturated carbocycles. The summed E-state index contributed by atoms with van der Waals surface area (Å²) in [6, 6.07) is -0.0260. The van der Waals surface area contributed by atoms with Crippen molar-refractivity contribution in [1.29, 1.82) is 0 Å². The molecule has 1 amide bonds. The van der Waals surface area contributed by atoms with E-state index in [4.69, 9.17) is 5.11 Å². The topological polar surface area (TPSA) is 69.6 Å². The second kappa shape index (κ2) is 4.18. The molecule has 1 unspecified atom stereocenters. The van der Waals surface area contributed by atoms with E-state index < -0.39 is 12.0 Å². The molecule has 1 atom stereocenters. The third-order valence-corrected chi connectivity index (χ3v) is 3.28. The van der Waals surface area contributed by atoms with Crippen molar-refractivity contribution in [3.05, 3.63) is 0 Å². The summed E-state index contributed by atoms with van der Waals surface area (Å²) in [5.41, 5.74) is 0. The first-order valence-electron chi connectivity index (χ1n) is 5.44. The van der Waals surface area contributed by atoms with E-state index in [1.807, 2.05) is 0 Å². The van der Waals surface area contributed by atoms with Gasteiger partial charge in [0, 0.05) is 19.1 Å². The van der Waals surface area contributed by atoms with Gasteiger partial charge in [0.1, 0.15) is 0 Å². The fourth-order valence-electron chi connectivity index (χ4n) is 2.26. The molecule has 5 heteroatoms. The fourth-order valence-corrected chi connectivity index (χ4v) is 2.26. The zero-order valence-electron chi connectivity index (χ0n) is 8.61. The number of nitrogens with zero attached hydrogens (tertiary/aromatic N) is 1. The number of nitrogens with one attached hydrogen (secondary N) is 1. The fraction of sp³-hybridized carbons (Fsp3) is 0.800. The molecule has 2 N–H and O–H groups in total. The van der Waals surface area contributed by atoms with Crippen molar-refractivity contribution in [1.82, 2.24) is 10.2 Å². The Labute approximate surface area is 88.4 Å². The van der Waals surface area contributed by atoms with Crippen molar-refractivity contribution >= 4 is 11.9 Å². The number of amides is 1. The number of aliphatic carboxylic acids is 1. The molecule has 2 fully saturated rings. The summed E-state index contributed by atoms with van der Waals surface area (Å²) in [7, 11) is 0. The minimum absolute atomic E-state index is 0.0810. The molecule has 0 radical (unpaired) electrons. The molecule has 0 aromatic heterocycles. The summed E-state index contributed by atoms with van der Waals surface area (Å²) in [4.78, 5) is 24.3. The zero-order chi connectivity index (χ0) is 10.8. The van der Waals surface area contributed by atoms with Gasteiger partial charge in [0.15, 0.2) is 0 Å². The zero-order valence-corrected chi connectivity index (χ0v) is 8.61. The van der Waals surface area contributed by atoms with Crippen molar-refractivity contribution in [2.75, 3.05) is 13.1 Å². The second-order valence-electron chi connectivity index (χ2n) is 4.23. The van der Waals surface area contributed by atoms with E-state index in [0.29, 0.717) is 12.6 Å². The highest BCUT2D eigenvalue weighted by Gasteiger charge is 2.37. The molecule has 0 aromatic rings. The van der Waals surface area contributed by atoms with Gasteiger partial charge in [-0.15, -0.1) is 0 Å². The Morgan fingerprint density at radius 2 is 2.27 bits per heavy atom. The summed E-state index contributed by atoms with van der Waals surface area (Å²) in [6.07, 6.45) is 3.32. The second-order valence-corrected chi connectivity index (χ2v) is 4.23. The summed E-state index contributed by atoms with van der Waals surface area (Å²) in [5.74, 6) is -1.03. The first kappa shape index (κ1) is 10.4. The molecular weight excluding hydrogens is 196 g/mol. The molecule has 15 heavy (non-hydrogen) atoms. The van der Waals surface area contributed by atoms with Gasteiger partial charge in [0.25, 0.3) is 0 Å². The Hall–Kier alpha value is -1.10. The van der Waals surface area contributed by atoms with Crippen molar-refractivity contribution < 1.29 is 14.7 Å². The van der Waals surface area contributed by atoms with Gasteiger partial charge in [-0.3, -0.25) is 14.5 Å². The number of piperazine rings is 1. The average molecular weight is 212 g/mol. The summed E-state index contributed by atoms with van der Waals surface area (Å²) in [5, 5.41) is 11.5. The van der Waals surface area contributed by atoms with Gasteiger partial charge in [-0.2, -0.15) is 0 Å². The van der Waals surface area contributed by atoms with Crippen LogP contribution in [0.2, 0.25) is 0 Å². The van der Waals surface area contributed by atoms with Crippen LogP contribution in [-0.2, 0) is 9.59 Å². The van der Waals surface area contributed by atoms with Crippen LogP contribution in [0.5, 0.6) is 0 Å². The minimum Gasteiger partial charge on any atom is -0.481 e. The lowest BCUT2D eigenvalue weighted by atomic mass is 9.89. The van der Waals surface area contributed by atoms with Gasteiger partial charge >= 0.3 is 5.97 Å². The predicted octanol–water partition coefficient (Wildman–Crippen LogP) is -0.186. The highest BCUT2D eigenvalue weighted by atomic mass is 16.4. The molecule has 2 rings (SSSR count). The van der Waals surface area contributed by atoms with E-state index in [-0.39, 0.29) is 12.3 Å². The molecule has 0 bridgehead atoms. The highest BCUT2D eigenvalue weighted by molar-refractivity contribution is 5.86. The lowest BCUT2D eigenvalue weighted by Gasteiger charge is -2.43. The number of carboxylic acids is 1. The first-order chi connectivity index (χ1) is 7.18. The number of carbonyl (C=O) groups excluding carboxylic acids is 1. The van der Waals surface area contributed by atoms with Crippen molar-refractivity contribution in [2.45, 2.75) is 37.8 Å². The molecule has 0 spiro atoms. The van der Waals surface area contributed by atoms with E-state index in [2.05, 4.69) is 10.2 Å². The third kappa shape index (κ3) is 2.12. The van der Waals surface area contributed by atoms with E-state index in [0.717, 1.165) is 19.4 Å². The van der Waals surface area contributed by atoms with Crippen LogP contribution in [0, 0.1) is 0 Å². The summed E-state index contributed by atoms with van der Waals surface area (Å²) < 4.78 is 0. The summed E-state index contributed by atoms with van der Waals surface area (Å²) in [6.45, 7) is 1.43. The van der Waals surface area contributed by atoms with Crippen molar-refractivity contribution in [3.8, 4) is 0 Å². The third-order valence-electron chi connectivity index (χ3n) is 3.28. The largest absolute Gasteiger partial charge is 0.481 e. The van der Waals surface area contributed by atoms with Crippen LogP contribution in [0.4, 0.5) is 0 Å². The van der Waals surface area contributed by atoms with Crippen molar-refractivity contribution in [2.24, 2.45) is 0 Å².